The van der Waals surface area contributed by atoms with Gasteiger partial charge in [0.25, 0.3) is 0 Å². The second-order valence-corrected chi connectivity index (χ2v) is 6.44. The molecule has 0 bridgehead atoms. The van der Waals surface area contributed by atoms with Gasteiger partial charge in [-0.15, -0.1) is 0 Å². The first-order chi connectivity index (χ1) is 11.9. The zero-order valence-electron chi connectivity index (χ0n) is 14.2. The minimum absolute atomic E-state index is 0.0478. The van der Waals surface area contributed by atoms with Crippen LogP contribution < -0.4 is 4.74 Å². The van der Waals surface area contributed by atoms with Gasteiger partial charge in [-0.3, -0.25) is 4.90 Å². The second-order valence-electron chi connectivity index (χ2n) is 6.44. The fourth-order valence-corrected chi connectivity index (χ4v) is 3.47. The van der Waals surface area contributed by atoms with Gasteiger partial charge < -0.3 is 9.84 Å². The van der Waals surface area contributed by atoms with Crippen molar-refractivity contribution in [3.05, 3.63) is 65.7 Å². The summed E-state index contributed by atoms with van der Waals surface area (Å²) in [5.41, 5.74) is 2.73. The third-order valence-electron chi connectivity index (χ3n) is 4.73. The number of hydrogen-bond acceptors (Lipinski definition) is 3. The second kappa shape index (κ2) is 8.86. The minimum atomic E-state index is 0.0478. The molecule has 3 heteroatoms. The van der Waals surface area contributed by atoms with Crippen molar-refractivity contribution in [1.82, 2.24) is 4.90 Å². The summed E-state index contributed by atoms with van der Waals surface area (Å²) >= 11 is 0. The van der Waals surface area contributed by atoms with Crippen LogP contribution in [-0.2, 0) is 6.42 Å². The Morgan fingerprint density at radius 1 is 0.917 bits per heavy atom. The van der Waals surface area contributed by atoms with Crippen LogP contribution in [0.25, 0.3) is 0 Å². The third-order valence-corrected chi connectivity index (χ3v) is 4.73. The fraction of sp³-hybridized carbons (Fsp3) is 0.429. The predicted octanol–water partition coefficient (Wildman–Crippen LogP) is 3.83. The van der Waals surface area contributed by atoms with E-state index in [-0.39, 0.29) is 6.61 Å². The molecule has 0 radical (unpaired) electrons. The van der Waals surface area contributed by atoms with Crippen molar-refractivity contribution in [2.45, 2.75) is 31.7 Å². The molecule has 1 aliphatic heterocycles. The molecule has 2 aromatic rings. The van der Waals surface area contributed by atoms with E-state index in [2.05, 4.69) is 47.4 Å². The smallest absolute Gasteiger partial charge is 0.119 e. The molecule has 0 unspecified atom stereocenters. The molecule has 2 aromatic carbocycles. The van der Waals surface area contributed by atoms with E-state index in [0.29, 0.717) is 12.6 Å². The molecule has 0 saturated carbocycles. The van der Waals surface area contributed by atoms with Crippen molar-refractivity contribution in [3.8, 4) is 5.75 Å². The molecule has 3 nitrogen and oxygen atoms in total. The Balaban J connectivity index is 1.77. The Labute approximate surface area is 144 Å². The van der Waals surface area contributed by atoms with Gasteiger partial charge in [0, 0.05) is 6.04 Å². The van der Waals surface area contributed by atoms with E-state index in [1.165, 1.54) is 43.5 Å². The van der Waals surface area contributed by atoms with E-state index >= 15 is 0 Å². The predicted molar refractivity (Wildman–Crippen MR) is 97.3 cm³/mol. The van der Waals surface area contributed by atoms with Crippen LogP contribution in [0.4, 0.5) is 0 Å². The lowest BCUT2D eigenvalue weighted by Crippen LogP contribution is -2.34. The molecular formula is C21H27NO2. The summed E-state index contributed by atoms with van der Waals surface area (Å²) in [4.78, 5) is 2.63. The quantitative estimate of drug-likeness (QED) is 0.840. The van der Waals surface area contributed by atoms with Crippen molar-refractivity contribution < 1.29 is 9.84 Å². The molecule has 0 aliphatic carbocycles. The zero-order chi connectivity index (χ0) is 16.6. The van der Waals surface area contributed by atoms with Gasteiger partial charge in [-0.25, -0.2) is 0 Å². The number of aliphatic hydroxyl groups excluding tert-OH is 1. The third kappa shape index (κ3) is 4.59. The Hall–Kier alpha value is -1.84. The maximum atomic E-state index is 8.87. The molecule has 1 heterocycles. The van der Waals surface area contributed by atoms with Crippen molar-refractivity contribution in [1.29, 1.82) is 0 Å². The van der Waals surface area contributed by atoms with E-state index in [0.717, 1.165) is 12.2 Å². The maximum absolute atomic E-state index is 8.87. The van der Waals surface area contributed by atoms with Gasteiger partial charge in [0.05, 0.1) is 6.61 Å². The topological polar surface area (TPSA) is 32.7 Å². The molecule has 0 spiro atoms. The molecule has 1 aliphatic rings. The minimum Gasteiger partial charge on any atom is -0.491 e. The standard InChI is InChI=1S/C21H27NO2/c23-15-16-24-20-11-9-19(10-12-20)21(22-13-5-2-6-14-22)17-18-7-3-1-4-8-18/h1,3-4,7-12,21,23H,2,5-6,13-17H2/t21-/m1/s1. The van der Waals surface area contributed by atoms with Gasteiger partial charge in [0.1, 0.15) is 12.4 Å². The first-order valence-corrected chi connectivity index (χ1v) is 8.98. The normalized spacial score (nSPS) is 16.7. The van der Waals surface area contributed by atoms with Crippen LogP contribution in [0.3, 0.4) is 0 Å². The monoisotopic (exact) mass is 325 g/mol. The summed E-state index contributed by atoms with van der Waals surface area (Å²) < 4.78 is 5.49. The molecule has 24 heavy (non-hydrogen) atoms. The van der Waals surface area contributed by atoms with Crippen LogP contribution in [0.5, 0.6) is 5.75 Å². The fourth-order valence-electron chi connectivity index (χ4n) is 3.47. The van der Waals surface area contributed by atoms with Gasteiger partial charge >= 0.3 is 0 Å². The van der Waals surface area contributed by atoms with Crippen LogP contribution in [-0.4, -0.2) is 36.3 Å². The molecule has 1 saturated heterocycles. The largest absolute Gasteiger partial charge is 0.491 e. The van der Waals surface area contributed by atoms with E-state index < -0.39 is 0 Å². The molecule has 0 aromatic heterocycles. The van der Waals surface area contributed by atoms with Crippen molar-refractivity contribution in [3.63, 3.8) is 0 Å². The number of aliphatic hydroxyl groups is 1. The molecule has 1 fully saturated rings. The van der Waals surface area contributed by atoms with Gasteiger partial charge in [0.15, 0.2) is 0 Å². The Morgan fingerprint density at radius 2 is 1.62 bits per heavy atom. The molecular weight excluding hydrogens is 298 g/mol. The summed E-state index contributed by atoms with van der Waals surface area (Å²) in [7, 11) is 0. The highest BCUT2D eigenvalue weighted by atomic mass is 16.5. The number of benzene rings is 2. The summed E-state index contributed by atoms with van der Waals surface area (Å²) in [5, 5.41) is 8.87. The molecule has 1 N–H and O–H groups in total. The SMILES string of the molecule is OCCOc1ccc([C@@H](Cc2ccccc2)N2CCCCC2)cc1. The lowest BCUT2D eigenvalue weighted by atomic mass is 9.95. The number of ether oxygens (including phenoxy) is 1. The van der Waals surface area contributed by atoms with Crippen molar-refractivity contribution in [2.75, 3.05) is 26.3 Å². The first-order valence-electron chi connectivity index (χ1n) is 8.98. The highest BCUT2D eigenvalue weighted by molar-refractivity contribution is 5.31. The van der Waals surface area contributed by atoms with E-state index in [9.17, 15) is 0 Å². The molecule has 3 rings (SSSR count). The highest BCUT2D eigenvalue weighted by Crippen LogP contribution is 2.29. The Morgan fingerprint density at radius 3 is 2.29 bits per heavy atom. The molecule has 128 valence electrons. The number of hydrogen-bond donors (Lipinski definition) is 1. The summed E-state index contributed by atoms with van der Waals surface area (Å²) in [5.74, 6) is 0.824. The zero-order valence-corrected chi connectivity index (χ0v) is 14.2. The number of piperidine rings is 1. The van der Waals surface area contributed by atoms with Crippen LogP contribution in [0.1, 0.15) is 36.4 Å². The number of nitrogens with zero attached hydrogens (tertiary/aromatic N) is 1. The highest BCUT2D eigenvalue weighted by Gasteiger charge is 2.22. The van der Waals surface area contributed by atoms with Crippen LogP contribution in [0.2, 0.25) is 0 Å². The Kier molecular flexibility index (Phi) is 6.27. The summed E-state index contributed by atoms with van der Waals surface area (Å²) in [6.07, 6.45) is 4.98. The maximum Gasteiger partial charge on any atom is 0.119 e. The van der Waals surface area contributed by atoms with Crippen LogP contribution in [0, 0.1) is 0 Å². The summed E-state index contributed by atoms with van der Waals surface area (Å²) in [6.45, 7) is 2.76. The number of likely N-dealkylation sites (tertiary alicyclic amines) is 1. The van der Waals surface area contributed by atoms with Crippen LogP contribution in [0.15, 0.2) is 54.6 Å². The van der Waals surface area contributed by atoms with Gasteiger partial charge in [-0.2, -0.15) is 0 Å². The van der Waals surface area contributed by atoms with Gasteiger partial charge in [-0.05, 0) is 55.6 Å². The van der Waals surface area contributed by atoms with Gasteiger partial charge in [-0.1, -0.05) is 48.9 Å². The van der Waals surface area contributed by atoms with Crippen molar-refractivity contribution >= 4 is 0 Å². The van der Waals surface area contributed by atoms with E-state index in [1.807, 2.05) is 12.1 Å². The lowest BCUT2D eigenvalue weighted by Gasteiger charge is -2.35. The van der Waals surface area contributed by atoms with Crippen LogP contribution >= 0.6 is 0 Å². The van der Waals surface area contributed by atoms with Gasteiger partial charge in [0.2, 0.25) is 0 Å². The average molecular weight is 325 g/mol. The summed E-state index contributed by atoms with van der Waals surface area (Å²) in [6, 6.07) is 19.6. The van der Waals surface area contributed by atoms with Crippen molar-refractivity contribution in [2.24, 2.45) is 0 Å². The number of rotatable bonds is 7. The Bertz CT molecular complexity index is 591. The molecule has 0 amide bonds. The molecule has 1 atom stereocenters. The van der Waals surface area contributed by atoms with E-state index in [4.69, 9.17) is 9.84 Å². The van der Waals surface area contributed by atoms with E-state index in [1.54, 1.807) is 0 Å². The lowest BCUT2D eigenvalue weighted by molar-refractivity contribution is 0.162. The average Bonchev–Trinajstić information content (AvgIpc) is 2.66. The first kappa shape index (κ1) is 17.0.